The molecule has 3 heterocycles. The third-order valence-corrected chi connectivity index (χ3v) is 4.26. The number of amides is 2. The van der Waals surface area contributed by atoms with E-state index >= 15 is 0 Å². The van der Waals surface area contributed by atoms with Crippen molar-refractivity contribution in [1.82, 2.24) is 25.0 Å². The highest BCUT2D eigenvalue weighted by Gasteiger charge is 2.27. The summed E-state index contributed by atoms with van der Waals surface area (Å²) in [4.78, 5) is 29.7. The first kappa shape index (κ1) is 17.2. The molecular formula is C18H13ClFN5O2. The molecule has 1 aliphatic rings. The zero-order valence-electron chi connectivity index (χ0n) is 13.9. The number of halogens is 2. The normalized spacial score (nSPS) is 13.7. The monoisotopic (exact) mass is 385 g/mol. The second-order valence-electron chi connectivity index (χ2n) is 5.93. The first-order valence-corrected chi connectivity index (χ1v) is 8.43. The van der Waals surface area contributed by atoms with E-state index in [0.717, 1.165) is 0 Å². The van der Waals surface area contributed by atoms with Crippen molar-refractivity contribution in [2.24, 2.45) is 0 Å². The maximum absolute atomic E-state index is 13.9. The first-order valence-electron chi connectivity index (χ1n) is 8.05. The lowest BCUT2D eigenvalue weighted by molar-refractivity contribution is -0.118. The van der Waals surface area contributed by atoms with Crippen LogP contribution in [0.1, 0.15) is 10.5 Å². The fourth-order valence-electron chi connectivity index (χ4n) is 2.82. The van der Waals surface area contributed by atoms with Crippen molar-refractivity contribution in [3.8, 4) is 17.1 Å². The maximum Gasteiger partial charge on any atom is 0.276 e. The van der Waals surface area contributed by atoms with E-state index < -0.39 is 11.7 Å². The molecular weight excluding hydrogens is 373 g/mol. The van der Waals surface area contributed by atoms with Crippen LogP contribution in [0.2, 0.25) is 5.02 Å². The highest BCUT2D eigenvalue weighted by Crippen LogP contribution is 2.27. The van der Waals surface area contributed by atoms with Crippen molar-refractivity contribution in [3.63, 3.8) is 0 Å². The molecule has 0 radical (unpaired) electrons. The molecule has 0 unspecified atom stereocenters. The molecule has 1 aromatic carbocycles. The Morgan fingerprint density at radius 3 is 2.74 bits per heavy atom. The Bertz CT molecular complexity index is 1020. The van der Waals surface area contributed by atoms with Crippen molar-refractivity contribution in [3.05, 3.63) is 65.2 Å². The molecule has 9 heteroatoms. The summed E-state index contributed by atoms with van der Waals surface area (Å²) in [5, 5.41) is 7.14. The number of pyridine rings is 1. The van der Waals surface area contributed by atoms with Gasteiger partial charge in [0.15, 0.2) is 11.5 Å². The predicted octanol–water partition coefficient (Wildman–Crippen LogP) is 2.26. The zero-order chi connectivity index (χ0) is 19.0. The molecule has 0 saturated carbocycles. The van der Waals surface area contributed by atoms with Crippen LogP contribution < -0.4 is 5.32 Å². The van der Waals surface area contributed by atoms with Crippen LogP contribution in [0.4, 0.5) is 4.39 Å². The lowest BCUT2D eigenvalue weighted by atomic mass is 10.1. The number of carbonyl (C=O) groups excluding carboxylic acids is 2. The van der Waals surface area contributed by atoms with Gasteiger partial charge in [0.05, 0.1) is 12.4 Å². The van der Waals surface area contributed by atoms with Gasteiger partial charge in [-0.3, -0.25) is 9.59 Å². The van der Waals surface area contributed by atoms with E-state index in [2.05, 4.69) is 15.4 Å². The van der Waals surface area contributed by atoms with Crippen LogP contribution in [-0.4, -0.2) is 44.7 Å². The average Bonchev–Trinajstić information content (AvgIpc) is 3.28. The molecule has 0 bridgehead atoms. The number of benzene rings is 1. The fraction of sp³-hybridized carbons (Fsp3) is 0.111. The number of hydrogen-bond acceptors (Lipinski definition) is 4. The SMILES string of the molecule is O=C1CN(C(=O)c2cc(-c3cc(F)cc(Cl)c3)n(-c3ccccn3)n2)CN1. The summed E-state index contributed by atoms with van der Waals surface area (Å²) in [5.74, 6) is -0.688. The van der Waals surface area contributed by atoms with Crippen LogP contribution in [0.3, 0.4) is 0 Å². The number of hydrogen-bond donors (Lipinski definition) is 1. The number of nitrogens with zero attached hydrogens (tertiary/aromatic N) is 4. The molecule has 1 fully saturated rings. The summed E-state index contributed by atoms with van der Waals surface area (Å²) in [6, 6.07) is 10.8. The third-order valence-electron chi connectivity index (χ3n) is 4.04. The minimum atomic E-state index is -0.506. The van der Waals surface area contributed by atoms with E-state index in [1.54, 1.807) is 30.5 Å². The summed E-state index contributed by atoms with van der Waals surface area (Å²) in [6.07, 6.45) is 1.59. The van der Waals surface area contributed by atoms with Crippen molar-refractivity contribution >= 4 is 23.4 Å². The Labute approximate surface area is 158 Å². The number of aromatic nitrogens is 3. The van der Waals surface area contributed by atoms with Crippen molar-refractivity contribution in [2.45, 2.75) is 0 Å². The van der Waals surface area contributed by atoms with Gasteiger partial charge in [-0.05, 0) is 36.4 Å². The van der Waals surface area contributed by atoms with E-state index in [-0.39, 0.29) is 29.8 Å². The maximum atomic E-state index is 13.9. The van der Waals surface area contributed by atoms with Crippen LogP contribution >= 0.6 is 11.6 Å². The fourth-order valence-corrected chi connectivity index (χ4v) is 3.04. The van der Waals surface area contributed by atoms with E-state index in [1.165, 1.54) is 27.8 Å². The molecule has 3 aromatic rings. The van der Waals surface area contributed by atoms with Gasteiger partial charge < -0.3 is 10.2 Å². The second kappa shape index (κ2) is 6.81. The van der Waals surface area contributed by atoms with Gasteiger partial charge in [0.25, 0.3) is 5.91 Å². The Morgan fingerprint density at radius 1 is 1.22 bits per heavy atom. The standard InChI is InChI=1S/C18H13ClFN5O2/c19-12-5-11(6-13(20)7-12)15-8-14(18(27)24-9-17(26)22-10-24)23-25(15)16-3-1-2-4-21-16/h1-8H,9-10H2,(H,22,26). The lowest BCUT2D eigenvalue weighted by Gasteiger charge is -2.10. The van der Waals surface area contributed by atoms with Crippen molar-refractivity contribution < 1.29 is 14.0 Å². The topological polar surface area (TPSA) is 80.1 Å². The summed E-state index contributed by atoms with van der Waals surface area (Å²) in [5.41, 5.74) is 1.03. The van der Waals surface area contributed by atoms with Crippen molar-refractivity contribution in [2.75, 3.05) is 13.2 Å². The van der Waals surface area contributed by atoms with Gasteiger partial charge in [0.2, 0.25) is 5.91 Å². The largest absolute Gasteiger partial charge is 0.337 e. The molecule has 2 aromatic heterocycles. The molecule has 1 aliphatic heterocycles. The summed E-state index contributed by atoms with van der Waals surface area (Å²) < 4.78 is 15.3. The quantitative estimate of drug-likeness (QED) is 0.750. The van der Waals surface area contributed by atoms with Crippen LogP contribution in [0, 0.1) is 5.82 Å². The Balaban J connectivity index is 1.82. The molecule has 7 nitrogen and oxygen atoms in total. The van der Waals surface area contributed by atoms with E-state index in [1.807, 2.05) is 0 Å². The van der Waals surface area contributed by atoms with Gasteiger partial charge in [-0.2, -0.15) is 5.10 Å². The van der Waals surface area contributed by atoms with Crippen LogP contribution in [-0.2, 0) is 4.79 Å². The Kier molecular flexibility index (Phi) is 4.33. The number of nitrogens with one attached hydrogen (secondary N) is 1. The smallest absolute Gasteiger partial charge is 0.276 e. The van der Waals surface area contributed by atoms with E-state index in [0.29, 0.717) is 17.1 Å². The van der Waals surface area contributed by atoms with E-state index in [9.17, 15) is 14.0 Å². The van der Waals surface area contributed by atoms with Crippen LogP contribution in [0.5, 0.6) is 0 Å². The Morgan fingerprint density at radius 2 is 2.07 bits per heavy atom. The van der Waals surface area contributed by atoms with Gasteiger partial charge in [0.1, 0.15) is 12.4 Å². The molecule has 1 N–H and O–H groups in total. The predicted molar refractivity (Wildman–Crippen MR) is 95.8 cm³/mol. The van der Waals surface area contributed by atoms with E-state index in [4.69, 9.17) is 11.6 Å². The summed E-state index contributed by atoms with van der Waals surface area (Å²) >= 11 is 5.98. The molecule has 2 amide bonds. The first-order chi connectivity index (χ1) is 13.0. The molecule has 27 heavy (non-hydrogen) atoms. The average molecular weight is 386 g/mol. The van der Waals surface area contributed by atoms with Gasteiger partial charge >= 0.3 is 0 Å². The minimum Gasteiger partial charge on any atom is -0.337 e. The molecule has 1 saturated heterocycles. The van der Waals surface area contributed by atoms with Crippen LogP contribution in [0.15, 0.2) is 48.7 Å². The van der Waals surface area contributed by atoms with Gasteiger partial charge in [0, 0.05) is 16.8 Å². The van der Waals surface area contributed by atoms with Gasteiger partial charge in [-0.1, -0.05) is 17.7 Å². The number of rotatable bonds is 3. The van der Waals surface area contributed by atoms with Gasteiger partial charge in [-0.25, -0.2) is 14.1 Å². The minimum absolute atomic E-state index is 0.0313. The molecule has 136 valence electrons. The van der Waals surface area contributed by atoms with Crippen molar-refractivity contribution in [1.29, 1.82) is 0 Å². The second-order valence-corrected chi connectivity index (χ2v) is 6.37. The molecule has 0 spiro atoms. The molecule has 0 aliphatic carbocycles. The van der Waals surface area contributed by atoms with Gasteiger partial charge in [-0.15, -0.1) is 0 Å². The molecule has 0 atom stereocenters. The van der Waals surface area contributed by atoms with Crippen LogP contribution in [0.25, 0.3) is 17.1 Å². The molecule has 4 rings (SSSR count). The summed E-state index contributed by atoms with van der Waals surface area (Å²) in [6.45, 7) is 0.0889. The highest BCUT2D eigenvalue weighted by atomic mass is 35.5. The summed E-state index contributed by atoms with van der Waals surface area (Å²) in [7, 11) is 0. The lowest BCUT2D eigenvalue weighted by Crippen LogP contribution is -2.30. The highest BCUT2D eigenvalue weighted by molar-refractivity contribution is 6.30. The zero-order valence-corrected chi connectivity index (χ0v) is 14.7. The third kappa shape index (κ3) is 3.39. The Hall–Kier alpha value is -3.26. The number of carbonyl (C=O) groups is 2.